The molecule has 0 saturated heterocycles. The largest absolute Gasteiger partial charge is 0.463 e. The van der Waals surface area contributed by atoms with Gasteiger partial charge >= 0.3 is 5.97 Å². The van der Waals surface area contributed by atoms with Gasteiger partial charge in [0, 0.05) is 6.08 Å². The van der Waals surface area contributed by atoms with Gasteiger partial charge in [0.15, 0.2) is 0 Å². The van der Waals surface area contributed by atoms with Gasteiger partial charge in [-0.3, -0.25) is 0 Å². The maximum absolute atomic E-state index is 13.1. The normalized spacial score (nSPS) is 12.2. The third-order valence-electron chi connectivity index (χ3n) is 10.1. The molecule has 0 aromatic heterocycles. The maximum atomic E-state index is 13.1. The first kappa shape index (κ1) is 39.9. The molecular formula is C57H48O2. The van der Waals surface area contributed by atoms with Crippen molar-refractivity contribution in [3.05, 3.63) is 276 Å². The summed E-state index contributed by atoms with van der Waals surface area (Å²) in [6, 6.07) is 74.1. The summed E-state index contributed by atoms with van der Waals surface area (Å²) in [6.07, 6.45) is 9.71. The van der Waals surface area contributed by atoms with Gasteiger partial charge in [-0.05, 0) is 84.9 Å². The number of hydrogen-bond donors (Lipinski definition) is 0. The van der Waals surface area contributed by atoms with E-state index in [2.05, 4.69) is 207 Å². The number of carbonyl (C=O) groups excluding carboxylic acids is 1. The highest BCUT2D eigenvalue weighted by Gasteiger charge is 2.23. The number of allylic oxidation sites excluding steroid dienone is 8. The molecule has 0 heterocycles. The minimum absolute atomic E-state index is 0.355. The number of rotatable bonds is 15. The van der Waals surface area contributed by atoms with Gasteiger partial charge < -0.3 is 4.74 Å². The van der Waals surface area contributed by atoms with E-state index < -0.39 is 0 Å². The van der Waals surface area contributed by atoms with Crippen LogP contribution in [0.15, 0.2) is 237 Å². The van der Waals surface area contributed by atoms with Crippen molar-refractivity contribution in [3.63, 3.8) is 0 Å². The Hall–Kier alpha value is -7.29. The second-order valence-electron chi connectivity index (χ2n) is 14.1. The molecule has 0 N–H and O–H groups in total. The quantitative estimate of drug-likeness (QED) is 0.0342. The average Bonchev–Trinajstić information content (AvgIpc) is 3.31. The fourth-order valence-electron chi connectivity index (χ4n) is 7.27. The molecule has 0 spiro atoms. The minimum Gasteiger partial charge on any atom is -0.463 e. The zero-order valence-corrected chi connectivity index (χ0v) is 33.5. The first-order valence-electron chi connectivity index (χ1n) is 20.4. The van der Waals surface area contributed by atoms with Crippen molar-refractivity contribution >= 4 is 39.4 Å². The van der Waals surface area contributed by atoms with Crippen molar-refractivity contribution in [3.8, 4) is 0 Å². The molecular weight excluding hydrogens is 717 g/mol. The lowest BCUT2D eigenvalue weighted by Crippen LogP contribution is -2.02. The first-order chi connectivity index (χ1) is 29.2. The van der Waals surface area contributed by atoms with Crippen LogP contribution < -0.4 is 0 Å². The molecule has 0 bridgehead atoms. The molecule has 0 fully saturated rings. The van der Waals surface area contributed by atoms with Crippen LogP contribution in [0.4, 0.5) is 0 Å². The van der Waals surface area contributed by atoms with Crippen molar-refractivity contribution in [2.45, 2.75) is 19.8 Å². The van der Waals surface area contributed by atoms with E-state index in [0.29, 0.717) is 6.61 Å². The van der Waals surface area contributed by atoms with E-state index in [4.69, 9.17) is 4.74 Å². The van der Waals surface area contributed by atoms with Gasteiger partial charge in [0.2, 0.25) is 0 Å². The lowest BCUT2D eigenvalue weighted by Gasteiger charge is -2.23. The molecule has 0 saturated carbocycles. The molecule has 0 radical (unpaired) electrons. The minimum atomic E-state index is -0.355. The predicted molar refractivity (Wildman–Crippen MR) is 249 cm³/mol. The Labute approximate surface area is 349 Å². The third-order valence-corrected chi connectivity index (χ3v) is 10.1. The summed E-state index contributed by atoms with van der Waals surface area (Å²) in [5, 5.41) is 0. The average molecular weight is 765 g/mol. The van der Waals surface area contributed by atoms with Crippen LogP contribution in [0.1, 0.15) is 58.7 Å². The van der Waals surface area contributed by atoms with E-state index in [1.165, 1.54) is 0 Å². The molecule has 0 aliphatic rings. The Kier molecular flexibility index (Phi) is 14.0. The van der Waals surface area contributed by atoms with E-state index in [0.717, 1.165) is 85.2 Å². The molecule has 288 valence electrons. The molecule has 0 amide bonds. The van der Waals surface area contributed by atoms with Crippen LogP contribution in [0, 0.1) is 0 Å². The first-order valence-corrected chi connectivity index (χ1v) is 20.4. The summed E-state index contributed by atoms with van der Waals surface area (Å²) in [5.41, 5.74) is 13.8. The van der Waals surface area contributed by atoms with Crippen molar-refractivity contribution in [1.29, 1.82) is 0 Å². The molecule has 7 aromatic rings. The van der Waals surface area contributed by atoms with Gasteiger partial charge in [0.1, 0.15) is 0 Å². The molecule has 2 heteroatoms. The van der Waals surface area contributed by atoms with Crippen molar-refractivity contribution in [1.82, 2.24) is 0 Å². The number of ether oxygens (including phenoxy) is 1. The number of esters is 1. The molecule has 7 aromatic carbocycles. The number of benzene rings is 7. The van der Waals surface area contributed by atoms with Crippen molar-refractivity contribution < 1.29 is 9.53 Å². The van der Waals surface area contributed by atoms with E-state index in [-0.39, 0.29) is 5.97 Å². The van der Waals surface area contributed by atoms with Gasteiger partial charge in [-0.25, -0.2) is 4.79 Å². The molecule has 0 atom stereocenters. The fraction of sp³-hybridized carbons (Fsp3) is 0.0702. The Morgan fingerprint density at radius 2 is 0.678 bits per heavy atom. The highest BCUT2D eigenvalue weighted by molar-refractivity contribution is 6.25. The highest BCUT2D eigenvalue weighted by Crippen LogP contribution is 2.45. The molecule has 7 rings (SSSR count). The molecule has 0 unspecified atom stereocenters. The number of carbonyl (C=O) groups is 1. The lowest BCUT2D eigenvalue weighted by atomic mass is 9.79. The second kappa shape index (κ2) is 20.8. The highest BCUT2D eigenvalue weighted by atomic mass is 16.5. The van der Waals surface area contributed by atoms with E-state index in [9.17, 15) is 4.79 Å². The van der Waals surface area contributed by atoms with E-state index >= 15 is 0 Å². The molecule has 2 nitrogen and oxygen atoms in total. The summed E-state index contributed by atoms with van der Waals surface area (Å²) < 4.78 is 5.58. The molecule has 59 heavy (non-hydrogen) atoms. The Bertz CT molecular complexity index is 2510. The van der Waals surface area contributed by atoms with Crippen LogP contribution in [0.3, 0.4) is 0 Å². The molecule has 0 aliphatic carbocycles. The summed E-state index contributed by atoms with van der Waals surface area (Å²) >= 11 is 0. The van der Waals surface area contributed by atoms with Gasteiger partial charge in [0.05, 0.1) is 6.61 Å². The zero-order chi connectivity index (χ0) is 40.5. The van der Waals surface area contributed by atoms with Crippen LogP contribution in [0.2, 0.25) is 0 Å². The summed E-state index contributed by atoms with van der Waals surface area (Å²) in [6.45, 7) is 2.48. The zero-order valence-electron chi connectivity index (χ0n) is 33.5. The van der Waals surface area contributed by atoms with E-state index in [1.54, 1.807) is 6.08 Å². The predicted octanol–water partition coefficient (Wildman–Crippen LogP) is 14.3. The topological polar surface area (TPSA) is 26.3 Å². The van der Waals surface area contributed by atoms with Gasteiger partial charge in [-0.2, -0.15) is 0 Å². The van der Waals surface area contributed by atoms with Crippen molar-refractivity contribution in [2.75, 3.05) is 6.61 Å². The van der Waals surface area contributed by atoms with Crippen LogP contribution in [0.5, 0.6) is 0 Å². The van der Waals surface area contributed by atoms with Crippen LogP contribution in [-0.2, 0) is 9.53 Å². The van der Waals surface area contributed by atoms with Gasteiger partial charge in [-0.15, -0.1) is 0 Å². The standard InChI is InChI=1S/C57H48O2/c1-2-3-43-59-54(58)42-41-52(45-27-13-5-14-28-45)51(44-25-11-4-12-26-44)39-40-53(46-29-15-6-16-30-46)56(49-35-21-9-22-36-49)57(50-37-23-10-24-38-50)55(47-31-17-7-18-32-47)48-33-19-8-20-34-48/h4-42H,2-3,43H2,1H3/b40-39+,42-41+,52-51+,56-53+. The maximum Gasteiger partial charge on any atom is 0.330 e. The fourth-order valence-corrected chi connectivity index (χ4v) is 7.27. The number of hydrogen-bond acceptors (Lipinski definition) is 2. The van der Waals surface area contributed by atoms with Gasteiger partial charge in [-0.1, -0.05) is 238 Å². The second-order valence-corrected chi connectivity index (χ2v) is 14.1. The number of unbranched alkanes of at least 4 members (excludes halogenated alkanes) is 1. The van der Waals surface area contributed by atoms with Crippen LogP contribution in [0.25, 0.3) is 33.4 Å². The third kappa shape index (κ3) is 10.4. The lowest BCUT2D eigenvalue weighted by molar-refractivity contribution is -0.137. The van der Waals surface area contributed by atoms with Gasteiger partial charge in [0.25, 0.3) is 0 Å². The molecule has 0 aliphatic heterocycles. The van der Waals surface area contributed by atoms with E-state index in [1.807, 2.05) is 30.3 Å². The van der Waals surface area contributed by atoms with Crippen LogP contribution >= 0.6 is 0 Å². The Morgan fingerprint density at radius 1 is 0.373 bits per heavy atom. The summed E-state index contributed by atoms with van der Waals surface area (Å²) in [7, 11) is 0. The summed E-state index contributed by atoms with van der Waals surface area (Å²) in [5.74, 6) is -0.355. The summed E-state index contributed by atoms with van der Waals surface area (Å²) in [4.78, 5) is 13.1. The Balaban J connectivity index is 1.60. The Morgan fingerprint density at radius 3 is 1.07 bits per heavy atom. The monoisotopic (exact) mass is 764 g/mol. The smallest absolute Gasteiger partial charge is 0.330 e. The van der Waals surface area contributed by atoms with Crippen LogP contribution in [-0.4, -0.2) is 12.6 Å². The van der Waals surface area contributed by atoms with Crippen molar-refractivity contribution in [2.24, 2.45) is 0 Å². The SMILES string of the molecule is CCCCOC(=O)/C=C/C(=C(/C=C/C(=C(\C(=C(c1ccccc1)c1ccccc1)c1ccccc1)c1ccccc1)c1ccccc1)c1ccccc1)c1ccccc1.